The topological polar surface area (TPSA) is 60.2 Å². The lowest BCUT2D eigenvalue weighted by molar-refractivity contribution is -0.0365. The zero-order chi connectivity index (χ0) is 13.6. The van der Waals surface area contributed by atoms with E-state index in [0.717, 1.165) is 38.2 Å². The molecule has 1 aromatic heterocycles. The Labute approximate surface area is 115 Å². The Kier molecular flexibility index (Phi) is 5.34. The van der Waals surface area contributed by atoms with Gasteiger partial charge in [0.2, 0.25) is 11.7 Å². The molecule has 1 fully saturated rings. The molecule has 0 spiro atoms. The van der Waals surface area contributed by atoms with Crippen LogP contribution in [-0.2, 0) is 16.8 Å². The number of rotatable bonds is 6. The summed E-state index contributed by atoms with van der Waals surface area (Å²) in [6, 6.07) is 0. The molecule has 1 aliphatic carbocycles. The maximum Gasteiger partial charge on any atom is 0.228 e. The van der Waals surface area contributed by atoms with Crippen molar-refractivity contribution in [2.45, 2.75) is 57.5 Å². The van der Waals surface area contributed by atoms with Gasteiger partial charge in [0.25, 0.3) is 0 Å². The summed E-state index contributed by atoms with van der Waals surface area (Å²) in [5.74, 6) is 1.44. The van der Waals surface area contributed by atoms with E-state index in [9.17, 15) is 0 Å². The highest BCUT2D eigenvalue weighted by Gasteiger charge is 2.37. The molecule has 1 saturated carbocycles. The van der Waals surface area contributed by atoms with E-state index in [1.54, 1.807) is 7.11 Å². The molecule has 0 amide bonds. The Bertz CT molecular complexity index is 371. The Balaban J connectivity index is 2.05. The third-order valence-electron chi connectivity index (χ3n) is 3.94. The Hall–Kier alpha value is -0.940. The first-order chi connectivity index (χ1) is 9.30. The molecule has 19 heavy (non-hydrogen) atoms. The zero-order valence-electron chi connectivity index (χ0n) is 12.1. The van der Waals surface area contributed by atoms with Gasteiger partial charge >= 0.3 is 0 Å². The fourth-order valence-corrected chi connectivity index (χ4v) is 2.73. The number of methoxy groups -OCH3 is 1. The lowest BCUT2D eigenvalue weighted by Gasteiger charge is -2.27. The molecule has 108 valence electrons. The van der Waals surface area contributed by atoms with Crippen LogP contribution in [0, 0.1) is 0 Å². The maximum absolute atomic E-state index is 5.78. The molecule has 2 rings (SSSR count). The minimum absolute atomic E-state index is 0.323. The molecule has 0 saturated heterocycles. The van der Waals surface area contributed by atoms with Gasteiger partial charge in [-0.1, -0.05) is 37.8 Å². The molecule has 0 aromatic carbocycles. The van der Waals surface area contributed by atoms with E-state index in [1.807, 2.05) is 0 Å². The first kappa shape index (κ1) is 14.5. The van der Waals surface area contributed by atoms with Crippen LogP contribution >= 0.6 is 0 Å². The summed E-state index contributed by atoms with van der Waals surface area (Å²) in [7, 11) is 1.76. The molecule has 1 aliphatic rings. The monoisotopic (exact) mass is 267 g/mol. The van der Waals surface area contributed by atoms with Gasteiger partial charge in [-0.2, -0.15) is 4.98 Å². The van der Waals surface area contributed by atoms with Gasteiger partial charge in [0.05, 0.1) is 0 Å². The highest BCUT2D eigenvalue weighted by Crippen LogP contribution is 2.37. The molecule has 1 N–H and O–H groups in total. The molecule has 1 heterocycles. The van der Waals surface area contributed by atoms with E-state index in [0.29, 0.717) is 5.89 Å². The number of hydrogen-bond acceptors (Lipinski definition) is 5. The van der Waals surface area contributed by atoms with Gasteiger partial charge in [0.1, 0.15) is 5.60 Å². The van der Waals surface area contributed by atoms with Crippen molar-refractivity contribution in [1.29, 1.82) is 0 Å². The molecule has 0 aliphatic heterocycles. The summed E-state index contributed by atoms with van der Waals surface area (Å²) in [6.45, 7) is 3.92. The number of ether oxygens (including phenoxy) is 1. The number of nitrogens with zero attached hydrogens (tertiary/aromatic N) is 2. The summed E-state index contributed by atoms with van der Waals surface area (Å²) in [4.78, 5) is 4.55. The average Bonchev–Trinajstić information content (AvgIpc) is 2.77. The van der Waals surface area contributed by atoms with Crippen molar-refractivity contribution in [2.75, 3.05) is 20.2 Å². The quantitative estimate of drug-likeness (QED) is 0.633. The predicted octanol–water partition coefficient (Wildman–Crippen LogP) is 2.42. The van der Waals surface area contributed by atoms with Gasteiger partial charge in [-0.05, 0) is 19.4 Å². The molecule has 0 atom stereocenters. The SMILES string of the molecule is CCNCCc1nc(C2(OC)CCCCCC2)no1. The average molecular weight is 267 g/mol. The van der Waals surface area contributed by atoms with Gasteiger partial charge in [0.15, 0.2) is 0 Å². The molecule has 1 aromatic rings. The van der Waals surface area contributed by atoms with Crippen LogP contribution in [0.3, 0.4) is 0 Å². The van der Waals surface area contributed by atoms with Crippen molar-refractivity contribution in [3.63, 3.8) is 0 Å². The second-order valence-electron chi connectivity index (χ2n) is 5.23. The van der Waals surface area contributed by atoms with E-state index >= 15 is 0 Å². The minimum atomic E-state index is -0.323. The fraction of sp³-hybridized carbons (Fsp3) is 0.857. The van der Waals surface area contributed by atoms with Crippen molar-refractivity contribution in [3.8, 4) is 0 Å². The third kappa shape index (κ3) is 3.54. The third-order valence-corrected chi connectivity index (χ3v) is 3.94. The van der Waals surface area contributed by atoms with E-state index in [2.05, 4.69) is 22.4 Å². The maximum atomic E-state index is 5.78. The Morgan fingerprint density at radius 2 is 2.00 bits per heavy atom. The van der Waals surface area contributed by atoms with Crippen LogP contribution in [0.25, 0.3) is 0 Å². The summed E-state index contributed by atoms with van der Waals surface area (Å²) >= 11 is 0. The van der Waals surface area contributed by atoms with Gasteiger partial charge < -0.3 is 14.6 Å². The highest BCUT2D eigenvalue weighted by molar-refractivity contribution is 5.02. The second-order valence-corrected chi connectivity index (χ2v) is 5.23. The molecular weight excluding hydrogens is 242 g/mol. The summed E-state index contributed by atoms with van der Waals surface area (Å²) in [5.41, 5.74) is -0.323. The minimum Gasteiger partial charge on any atom is -0.370 e. The van der Waals surface area contributed by atoms with E-state index < -0.39 is 0 Å². The van der Waals surface area contributed by atoms with Crippen LogP contribution in [-0.4, -0.2) is 30.3 Å². The fourth-order valence-electron chi connectivity index (χ4n) is 2.73. The van der Waals surface area contributed by atoms with Gasteiger partial charge in [-0.25, -0.2) is 0 Å². The smallest absolute Gasteiger partial charge is 0.228 e. The Morgan fingerprint density at radius 1 is 1.26 bits per heavy atom. The molecule has 0 bridgehead atoms. The molecular formula is C14H25N3O2. The van der Waals surface area contributed by atoms with E-state index in [-0.39, 0.29) is 5.60 Å². The molecule has 0 radical (unpaired) electrons. The van der Waals surface area contributed by atoms with Crippen LogP contribution in [0.15, 0.2) is 4.52 Å². The summed E-state index contributed by atoms with van der Waals surface area (Å²) in [6.07, 6.45) is 7.67. The standard InChI is InChI=1S/C14H25N3O2/c1-3-15-11-8-12-16-13(17-19-12)14(18-2)9-6-4-5-7-10-14/h15H,3-11H2,1-2H3. The number of aromatic nitrogens is 2. The van der Waals surface area contributed by atoms with Crippen LogP contribution in [0.1, 0.15) is 57.2 Å². The lowest BCUT2D eigenvalue weighted by Crippen LogP contribution is -2.29. The van der Waals surface area contributed by atoms with Crippen molar-refractivity contribution >= 4 is 0 Å². The van der Waals surface area contributed by atoms with E-state index in [1.165, 1.54) is 25.7 Å². The van der Waals surface area contributed by atoms with Crippen molar-refractivity contribution in [1.82, 2.24) is 15.5 Å². The first-order valence-electron chi connectivity index (χ1n) is 7.39. The first-order valence-corrected chi connectivity index (χ1v) is 7.39. The second kappa shape index (κ2) is 7.01. The van der Waals surface area contributed by atoms with Crippen LogP contribution < -0.4 is 5.32 Å². The largest absolute Gasteiger partial charge is 0.370 e. The molecule has 0 unspecified atom stereocenters. The normalized spacial score (nSPS) is 19.3. The zero-order valence-corrected chi connectivity index (χ0v) is 12.1. The summed E-state index contributed by atoms with van der Waals surface area (Å²) in [5, 5.41) is 7.42. The predicted molar refractivity (Wildman–Crippen MR) is 72.9 cm³/mol. The van der Waals surface area contributed by atoms with Crippen molar-refractivity contribution in [2.24, 2.45) is 0 Å². The highest BCUT2D eigenvalue weighted by atomic mass is 16.5. The van der Waals surface area contributed by atoms with Crippen molar-refractivity contribution in [3.05, 3.63) is 11.7 Å². The Morgan fingerprint density at radius 3 is 2.63 bits per heavy atom. The molecule has 5 heteroatoms. The van der Waals surface area contributed by atoms with Crippen LogP contribution in [0.4, 0.5) is 0 Å². The number of likely N-dealkylation sites (N-methyl/N-ethyl adjacent to an activating group) is 1. The lowest BCUT2D eigenvalue weighted by atomic mass is 9.93. The van der Waals surface area contributed by atoms with Gasteiger partial charge in [-0.15, -0.1) is 0 Å². The van der Waals surface area contributed by atoms with Gasteiger partial charge in [-0.3, -0.25) is 0 Å². The molecule has 5 nitrogen and oxygen atoms in total. The van der Waals surface area contributed by atoms with Crippen LogP contribution in [0.2, 0.25) is 0 Å². The van der Waals surface area contributed by atoms with Crippen molar-refractivity contribution < 1.29 is 9.26 Å². The van der Waals surface area contributed by atoms with Crippen LogP contribution in [0.5, 0.6) is 0 Å². The number of hydrogen-bond donors (Lipinski definition) is 1. The number of nitrogens with one attached hydrogen (secondary N) is 1. The summed E-state index contributed by atoms with van der Waals surface area (Å²) < 4.78 is 11.1. The van der Waals surface area contributed by atoms with E-state index in [4.69, 9.17) is 9.26 Å². The van der Waals surface area contributed by atoms with Gasteiger partial charge in [0, 0.05) is 20.1 Å².